The quantitative estimate of drug-likeness (QED) is 0.355. The number of aldehydes is 1. The normalized spacial score (nSPS) is 12.9. The molecule has 0 N–H and O–H groups in total. The monoisotopic (exact) mass is 399 g/mol. The van der Waals surface area contributed by atoms with E-state index in [0.29, 0.717) is 6.61 Å². The summed E-state index contributed by atoms with van der Waals surface area (Å²) in [7, 11) is 4.06. The summed E-state index contributed by atoms with van der Waals surface area (Å²) in [6, 6.07) is 28.6. The summed E-state index contributed by atoms with van der Waals surface area (Å²) in [5, 5.41) is 0. The second-order valence-corrected chi connectivity index (χ2v) is 7.62. The first kappa shape index (κ1) is 21.5. The third-order valence-corrected chi connectivity index (χ3v) is 5.03. The minimum absolute atomic E-state index is 0.237. The lowest BCUT2D eigenvalue weighted by Crippen LogP contribution is -2.19. The SMILES string of the molecule is CC(C=O)/C(=C(\c1ccccc1)c1ccc(OCCN(C)C)cc1)c1ccccc1. The fourth-order valence-electron chi connectivity index (χ4n) is 3.47. The summed E-state index contributed by atoms with van der Waals surface area (Å²) in [5.74, 6) is 0.608. The molecule has 0 aromatic heterocycles. The standard InChI is InChI=1S/C27H29NO2/c1-21(20-29)26(22-10-6-4-7-11-22)27(23-12-8-5-9-13-23)24-14-16-25(17-15-24)30-19-18-28(2)3/h4-17,20-21H,18-19H2,1-3H3/b27-26-. The van der Waals surface area contributed by atoms with Gasteiger partial charge < -0.3 is 14.4 Å². The molecule has 0 fully saturated rings. The molecule has 0 bridgehead atoms. The Morgan fingerprint density at radius 2 is 1.37 bits per heavy atom. The van der Waals surface area contributed by atoms with E-state index < -0.39 is 0 Å². The maximum Gasteiger partial charge on any atom is 0.127 e. The van der Waals surface area contributed by atoms with Crippen molar-refractivity contribution in [3.8, 4) is 5.75 Å². The van der Waals surface area contributed by atoms with Crippen LogP contribution in [-0.2, 0) is 4.79 Å². The molecule has 3 aromatic rings. The van der Waals surface area contributed by atoms with Crippen LogP contribution in [0.15, 0.2) is 84.9 Å². The van der Waals surface area contributed by atoms with Crippen LogP contribution in [0.25, 0.3) is 11.1 Å². The van der Waals surface area contributed by atoms with Crippen LogP contribution < -0.4 is 4.74 Å². The van der Waals surface area contributed by atoms with E-state index >= 15 is 0 Å². The Hall–Kier alpha value is -3.17. The van der Waals surface area contributed by atoms with Crippen LogP contribution in [-0.4, -0.2) is 38.4 Å². The molecule has 1 atom stereocenters. The van der Waals surface area contributed by atoms with E-state index in [-0.39, 0.29) is 5.92 Å². The molecule has 0 saturated heterocycles. The van der Waals surface area contributed by atoms with Crippen molar-refractivity contribution in [2.45, 2.75) is 6.92 Å². The molecule has 3 rings (SSSR count). The first-order valence-corrected chi connectivity index (χ1v) is 10.3. The highest BCUT2D eigenvalue weighted by Gasteiger charge is 2.19. The van der Waals surface area contributed by atoms with Crippen LogP contribution in [0.4, 0.5) is 0 Å². The van der Waals surface area contributed by atoms with Crippen molar-refractivity contribution in [3.63, 3.8) is 0 Å². The average Bonchev–Trinajstić information content (AvgIpc) is 2.78. The van der Waals surface area contributed by atoms with Gasteiger partial charge in [0.2, 0.25) is 0 Å². The lowest BCUT2D eigenvalue weighted by Gasteiger charge is -2.20. The Morgan fingerprint density at radius 3 is 1.90 bits per heavy atom. The molecular formula is C27H29NO2. The molecule has 0 amide bonds. The molecule has 0 spiro atoms. The lowest BCUT2D eigenvalue weighted by atomic mass is 9.84. The van der Waals surface area contributed by atoms with Gasteiger partial charge in [-0.1, -0.05) is 79.7 Å². The Balaban J connectivity index is 2.09. The maximum atomic E-state index is 11.9. The molecule has 3 nitrogen and oxygen atoms in total. The van der Waals surface area contributed by atoms with Crippen molar-refractivity contribution in [2.75, 3.05) is 27.2 Å². The van der Waals surface area contributed by atoms with E-state index in [0.717, 1.165) is 46.4 Å². The Labute approximate surface area is 179 Å². The molecule has 0 aliphatic carbocycles. The number of carbonyl (C=O) groups excluding carboxylic acids is 1. The van der Waals surface area contributed by atoms with Gasteiger partial charge in [0.15, 0.2) is 0 Å². The van der Waals surface area contributed by atoms with E-state index in [4.69, 9.17) is 4.74 Å². The third kappa shape index (κ3) is 5.46. The van der Waals surface area contributed by atoms with Gasteiger partial charge in [-0.25, -0.2) is 0 Å². The minimum Gasteiger partial charge on any atom is -0.492 e. The van der Waals surface area contributed by atoms with Gasteiger partial charge in [-0.3, -0.25) is 0 Å². The van der Waals surface area contributed by atoms with Gasteiger partial charge in [-0.2, -0.15) is 0 Å². The zero-order chi connectivity index (χ0) is 21.3. The number of hydrogen-bond acceptors (Lipinski definition) is 3. The van der Waals surface area contributed by atoms with Gasteiger partial charge in [0.25, 0.3) is 0 Å². The Bertz CT molecular complexity index is 961. The zero-order valence-electron chi connectivity index (χ0n) is 17.9. The molecule has 3 heteroatoms. The molecule has 3 aromatic carbocycles. The fraction of sp³-hybridized carbons (Fsp3) is 0.222. The topological polar surface area (TPSA) is 29.5 Å². The van der Waals surface area contributed by atoms with Crippen molar-refractivity contribution < 1.29 is 9.53 Å². The summed E-state index contributed by atoms with van der Waals surface area (Å²) < 4.78 is 5.86. The molecular weight excluding hydrogens is 370 g/mol. The molecule has 0 aliphatic heterocycles. The molecule has 30 heavy (non-hydrogen) atoms. The molecule has 0 heterocycles. The number of benzene rings is 3. The van der Waals surface area contributed by atoms with Crippen LogP contribution in [0.3, 0.4) is 0 Å². The molecule has 0 radical (unpaired) electrons. The summed E-state index contributed by atoms with van der Waals surface area (Å²) >= 11 is 0. The molecule has 1 unspecified atom stereocenters. The molecule has 0 saturated carbocycles. The lowest BCUT2D eigenvalue weighted by molar-refractivity contribution is -0.109. The number of ether oxygens (including phenoxy) is 1. The fourth-order valence-corrected chi connectivity index (χ4v) is 3.47. The second kappa shape index (κ2) is 10.6. The van der Waals surface area contributed by atoms with Crippen molar-refractivity contribution in [1.82, 2.24) is 4.90 Å². The largest absolute Gasteiger partial charge is 0.492 e. The Morgan fingerprint density at radius 1 is 0.833 bits per heavy atom. The van der Waals surface area contributed by atoms with Crippen LogP contribution in [0.1, 0.15) is 23.6 Å². The van der Waals surface area contributed by atoms with Crippen LogP contribution >= 0.6 is 0 Å². The maximum absolute atomic E-state index is 11.9. The first-order chi connectivity index (χ1) is 14.6. The Kier molecular flexibility index (Phi) is 7.58. The summed E-state index contributed by atoms with van der Waals surface area (Å²) in [6.45, 7) is 3.47. The van der Waals surface area contributed by atoms with Gasteiger partial charge in [0.05, 0.1) is 0 Å². The van der Waals surface area contributed by atoms with Crippen molar-refractivity contribution >= 4 is 17.4 Å². The van der Waals surface area contributed by atoms with E-state index in [1.54, 1.807) is 0 Å². The summed E-state index contributed by atoms with van der Waals surface area (Å²) in [5.41, 5.74) is 5.31. The van der Waals surface area contributed by atoms with Gasteiger partial charge in [0.1, 0.15) is 18.6 Å². The van der Waals surface area contributed by atoms with Crippen molar-refractivity contribution in [1.29, 1.82) is 0 Å². The minimum atomic E-state index is -0.237. The van der Waals surface area contributed by atoms with E-state index in [9.17, 15) is 4.79 Å². The average molecular weight is 400 g/mol. The van der Waals surface area contributed by atoms with E-state index in [2.05, 4.69) is 41.3 Å². The number of allylic oxidation sites excluding steroid dienone is 1. The highest BCUT2D eigenvalue weighted by molar-refractivity contribution is 6.02. The van der Waals surface area contributed by atoms with Crippen LogP contribution in [0, 0.1) is 5.92 Å². The number of nitrogens with zero attached hydrogens (tertiary/aromatic N) is 1. The number of carbonyl (C=O) groups is 1. The van der Waals surface area contributed by atoms with Gasteiger partial charge in [-0.05, 0) is 54.1 Å². The van der Waals surface area contributed by atoms with E-state index in [1.165, 1.54) is 0 Å². The van der Waals surface area contributed by atoms with Crippen LogP contribution in [0.5, 0.6) is 5.75 Å². The third-order valence-electron chi connectivity index (χ3n) is 5.03. The smallest absolute Gasteiger partial charge is 0.127 e. The predicted octanol–water partition coefficient (Wildman–Crippen LogP) is 5.42. The summed E-state index contributed by atoms with van der Waals surface area (Å²) in [6.07, 6.45) is 1.02. The predicted molar refractivity (Wildman–Crippen MR) is 125 cm³/mol. The second-order valence-electron chi connectivity index (χ2n) is 7.62. The van der Waals surface area contributed by atoms with Gasteiger partial charge in [-0.15, -0.1) is 0 Å². The van der Waals surface area contributed by atoms with E-state index in [1.807, 2.05) is 69.6 Å². The van der Waals surface area contributed by atoms with Crippen molar-refractivity contribution in [2.24, 2.45) is 5.92 Å². The number of likely N-dealkylation sites (N-methyl/N-ethyl adjacent to an activating group) is 1. The number of hydrogen-bond donors (Lipinski definition) is 0. The highest BCUT2D eigenvalue weighted by atomic mass is 16.5. The highest BCUT2D eigenvalue weighted by Crippen LogP contribution is 2.36. The van der Waals surface area contributed by atoms with Crippen LogP contribution in [0.2, 0.25) is 0 Å². The molecule has 154 valence electrons. The van der Waals surface area contributed by atoms with Crippen molar-refractivity contribution in [3.05, 3.63) is 102 Å². The van der Waals surface area contributed by atoms with Gasteiger partial charge in [0, 0.05) is 12.5 Å². The zero-order valence-corrected chi connectivity index (χ0v) is 17.9. The first-order valence-electron chi connectivity index (χ1n) is 10.3. The molecule has 0 aliphatic rings. The number of rotatable bonds is 9. The summed E-state index contributed by atoms with van der Waals surface area (Å²) in [4.78, 5) is 14.0. The van der Waals surface area contributed by atoms with Gasteiger partial charge >= 0.3 is 0 Å².